The second-order valence-corrected chi connectivity index (χ2v) is 5.18. The van der Waals surface area contributed by atoms with Gasteiger partial charge in [0.25, 0.3) is 5.91 Å². The first kappa shape index (κ1) is 15.2. The summed E-state index contributed by atoms with van der Waals surface area (Å²) in [5.41, 5.74) is 7.85. The van der Waals surface area contributed by atoms with E-state index in [1.807, 2.05) is 24.3 Å². The fourth-order valence-electron chi connectivity index (χ4n) is 2.02. The van der Waals surface area contributed by atoms with E-state index in [1.54, 1.807) is 30.1 Å². The molecular weight excluding hydrogens is 288 g/mol. The lowest BCUT2D eigenvalue weighted by molar-refractivity contribution is 0.0782. The van der Waals surface area contributed by atoms with Crippen LogP contribution in [0.2, 0.25) is 5.02 Å². The van der Waals surface area contributed by atoms with Gasteiger partial charge in [0.2, 0.25) is 0 Å². The van der Waals surface area contributed by atoms with Crippen molar-refractivity contribution in [1.82, 2.24) is 4.90 Å². The highest BCUT2D eigenvalue weighted by Gasteiger charge is 2.17. The van der Waals surface area contributed by atoms with Gasteiger partial charge in [0.05, 0.1) is 12.7 Å². The molecule has 2 aromatic carbocycles. The lowest BCUT2D eigenvalue weighted by Gasteiger charge is -2.19. The highest BCUT2D eigenvalue weighted by Crippen LogP contribution is 2.24. The van der Waals surface area contributed by atoms with Crippen molar-refractivity contribution in [3.05, 3.63) is 58.6 Å². The van der Waals surface area contributed by atoms with Crippen molar-refractivity contribution >= 4 is 23.2 Å². The van der Waals surface area contributed by atoms with Crippen molar-refractivity contribution in [3.8, 4) is 5.75 Å². The Balaban J connectivity index is 2.17. The predicted molar refractivity (Wildman–Crippen MR) is 84.7 cm³/mol. The first-order valence-corrected chi connectivity index (χ1v) is 6.82. The van der Waals surface area contributed by atoms with Gasteiger partial charge in [-0.2, -0.15) is 0 Å². The van der Waals surface area contributed by atoms with E-state index in [4.69, 9.17) is 22.1 Å². The molecule has 0 aliphatic carbocycles. The van der Waals surface area contributed by atoms with E-state index in [0.29, 0.717) is 28.6 Å². The minimum absolute atomic E-state index is 0.125. The fourth-order valence-corrected chi connectivity index (χ4v) is 2.18. The van der Waals surface area contributed by atoms with Gasteiger partial charge in [-0.3, -0.25) is 4.79 Å². The number of hydrogen-bond acceptors (Lipinski definition) is 3. The van der Waals surface area contributed by atoms with Crippen molar-refractivity contribution in [2.24, 2.45) is 0 Å². The molecule has 0 saturated heterocycles. The molecular formula is C16H17ClN2O2. The summed E-state index contributed by atoms with van der Waals surface area (Å²) in [5, 5.41) is 0.532. The van der Waals surface area contributed by atoms with Crippen LogP contribution in [-0.2, 0) is 6.54 Å². The molecule has 5 heteroatoms. The van der Waals surface area contributed by atoms with Gasteiger partial charge < -0.3 is 15.4 Å². The van der Waals surface area contributed by atoms with Gasteiger partial charge in [0, 0.05) is 24.3 Å². The van der Waals surface area contributed by atoms with E-state index >= 15 is 0 Å². The second kappa shape index (κ2) is 6.50. The summed E-state index contributed by atoms with van der Waals surface area (Å²) in [4.78, 5) is 14.1. The quantitative estimate of drug-likeness (QED) is 0.883. The number of halogens is 1. The van der Waals surface area contributed by atoms with E-state index in [1.165, 1.54) is 7.11 Å². The molecule has 0 unspecified atom stereocenters. The fraction of sp³-hybridized carbons (Fsp3) is 0.188. The SMILES string of the molecule is COc1cc(Cl)ccc1C(=O)N(C)Cc1ccc(N)cc1. The van der Waals surface area contributed by atoms with Crippen molar-refractivity contribution in [1.29, 1.82) is 0 Å². The number of rotatable bonds is 4. The third kappa shape index (κ3) is 3.67. The van der Waals surface area contributed by atoms with Gasteiger partial charge in [-0.05, 0) is 35.9 Å². The summed E-state index contributed by atoms with van der Waals surface area (Å²) in [5.74, 6) is 0.344. The van der Waals surface area contributed by atoms with Crippen LogP contribution in [0.1, 0.15) is 15.9 Å². The van der Waals surface area contributed by atoms with Gasteiger partial charge in [-0.1, -0.05) is 23.7 Å². The van der Waals surface area contributed by atoms with Crippen LogP contribution < -0.4 is 10.5 Å². The molecule has 0 fully saturated rings. The number of benzene rings is 2. The molecule has 0 radical (unpaired) electrons. The predicted octanol–water partition coefficient (Wildman–Crippen LogP) is 3.20. The maximum Gasteiger partial charge on any atom is 0.257 e. The Kier molecular flexibility index (Phi) is 4.70. The number of nitrogens with zero attached hydrogens (tertiary/aromatic N) is 1. The molecule has 4 nitrogen and oxygen atoms in total. The minimum Gasteiger partial charge on any atom is -0.496 e. The van der Waals surface area contributed by atoms with Crippen LogP contribution in [-0.4, -0.2) is 25.0 Å². The monoisotopic (exact) mass is 304 g/mol. The number of anilines is 1. The van der Waals surface area contributed by atoms with Crippen LogP contribution in [0, 0.1) is 0 Å². The summed E-state index contributed by atoms with van der Waals surface area (Å²) < 4.78 is 5.21. The highest BCUT2D eigenvalue weighted by molar-refractivity contribution is 6.30. The molecule has 1 amide bonds. The summed E-state index contributed by atoms with van der Waals surface area (Å²) in [7, 11) is 3.26. The van der Waals surface area contributed by atoms with Crippen LogP contribution in [0.25, 0.3) is 0 Å². The molecule has 110 valence electrons. The maximum absolute atomic E-state index is 12.5. The summed E-state index contributed by atoms with van der Waals surface area (Å²) in [6.45, 7) is 0.491. The number of amides is 1. The van der Waals surface area contributed by atoms with Crippen LogP contribution >= 0.6 is 11.6 Å². The molecule has 0 bridgehead atoms. The van der Waals surface area contributed by atoms with Crippen molar-refractivity contribution in [3.63, 3.8) is 0 Å². The number of hydrogen-bond donors (Lipinski definition) is 1. The number of ether oxygens (including phenoxy) is 1. The summed E-state index contributed by atoms with van der Waals surface area (Å²) in [6, 6.07) is 12.4. The minimum atomic E-state index is -0.125. The van der Waals surface area contributed by atoms with Crippen molar-refractivity contribution < 1.29 is 9.53 Å². The van der Waals surface area contributed by atoms with Crippen LogP contribution in [0.5, 0.6) is 5.75 Å². The molecule has 0 saturated carbocycles. The molecule has 0 aliphatic rings. The van der Waals surface area contributed by atoms with E-state index in [9.17, 15) is 4.79 Å². The van der Waals surface area contributed by atoms with Crippen LogP contribution in [0.15, 0.2) is 42.5 Å². The third-order valence-electron chi connectivity index (χ3n) is 3.14. The number of methoxy groups -OCH3 is 1. The Hall–Kier alpha value is -2.20. The normalized spacial score (nSPS) is 10.2. The van der Waals surface area contributed by atoms with Gasteiger partial charge >= 0.3 is 0 Å². The highest BCUT2D eigenvalue weighted by atomic mass is 35.5. The molecule has 2 aromatic rings. The molecule has 2 N–H and O–H groups in total. The van der Waals surface area contributed by atoms with E-state index in [2.05, 4.69) is 0 Å². The summed E-state index contributed by atoms with van der Waals surface area (Å²) in [6.07, 6.45) is 0. The van der Waals surface area contributed by atoms with Gasteiger partial charge in [0.1, 0.15) is 5.75 Å². The zero-order chi connectivity index (χ0) is 15.4. The number of nitrogen functional groups attached to an aromatic ring is 1. The van der Waals surface area contributed by atoms with E-state index in [-0.39, 0.29) is 5.91 Å². The molecule has 21 heavy (non-hydrogen) atoms. The topological polar surface area (TPSA) is 55.6 Å². The Morgan fingerprint density at radius 1 is 1.24 bits per heavy atom. The van der Waals surface area contributed by atoms with Gasteiger partial charge in [0.15, 0.2) is 0 Å². The Labute approximate surface area is 129 Å². The molecule has 0 aromatic heterocycles. The second-order valence-electron chi connectivity index (χ2n) is 4.75. The number of nitrogens with two attached hydrogens (primary N) is 1. The zero-order valence-corrected chi connectivity index (χ0v) is 12.7. The molecule has 2 rings (SSSR count). The van der Waals surface area contributed by atoms with E-state index in [0.717, 1.165) is 5.56 Å². The Morgan fingerprint density at radius 2 is 1.90 bits per heavy atom. The third-order valence-corrected chi connectivity index (χ3v) is 3.38. The van der Waals surface area contributed by atoms with Gasteiger partial charge in [-0.25, -0.2) is 0 Å². The van der Waals surface area contributed by atoms with Crippen molar-refractivity contribution in [2.45, 2.75) is 6.54 Å². The average Bonchev–Trinajstić information content (AvgIpc) is 2.48. The smallest absolute Gasteiger partial charge is 0.257 e. The standard InChI is InChI=1S/C16H17ClN2O2/c1-19(10-11-3-6-13(18)7-4-11)16(20)14-8-5-12(17)9-15(14)21-2/h3-9H,10,18H2,1-2H3. The van der Waals surface area contributed by atoms with Crippen molar-refractivity contribution in [2.75, 3.05) is 19.9 Å². The number of carbonyl (C=O) groups is 1. The lowest BCUT2D eigenvalue weighted by atomic mass is 10.1. The largest absolute Gasteiger partial charge is 0.496 e. The molecule has 0 heterocycles. The number of carbonyl (C=O) groups excluding carboxylic acids is 1. The lowest BCUT2D eigenvalue weighted by Crippen LogP contribution is -2.26. The van der Waals surface area contributed by atoms with Crippen LogP contribution in [0.3, 0.4) is 0 Å². The molecule has 0 spiro atoms. The first-order valence-electron chi connectivity index (χ1n) is 6.44. The van der Waals surface area contributed by atoms with Gasteiger partial charge in [-0.15, -0.1) is 0 Å². The van der Waals surface area contributed by atoms with Crippen LogP contribution in [0.4, 0.5) is 5.69 Å². The molecule has 0 aliphatic heterocycles. The molecule has 0 atom stereocenters. The Bertz CT molecular complexity index is 641. The first-order chi connectivity index (χ1) is 10.0. The maximum atomic E-state index is 12.5. The average molecular weight is 305 g/mol. The zero-order valence-electron chi connectivity index (χ0n) is 12.0. The Morgan fingerprint density at radius 3 is 2.52 bits per heavy atom. The van der Waals surface area contributed by atoms with E-state index < -0.39 is 0 Å². The summed E-state index contributed by atoms with van der Waals surface area (Å²) >= 11 is 5.91.